The van der Waals surface area contributed by atoms with Crippen LogP contribution in [0, 0.1) is 6.92 Å². The Labute approximate surface area is 141 Å². The van der Waals surface area contributed by atoms with Crippen molar-refractivity contribution in [3.8, 4) is 5.75 Å². The number of hydrogen-bond acceptors (Lipinski definition) is 3. The van der Waals surface area contributed by atoms with Gasteiger partial charge in [0.25, 0.3) is 5.91 Å². The number of benzene rings is 2. The number of halogens is 3. The van der Waals surface area contributed by atoms with Crippen LogP contribution in [-0.4, -0.2) is 23.6 Å². The van der Waals surface area contributed by atoms with Crippen LogP contribution in [0.4, 0.5) is 18.9 Å². The summed E-state index contributed by atoms with van der Waals surface area (Å²) in [4.78, 5) is 23.0. The number of carboxylic acid groups (broad SMARTS) is 1. The van der Waals surface area contributed by atoms with Gasteiger partial charge in [-0.2, -0.15) is 13.2 Å². The van der Waals surface area contributed by atoms with Crippen molar-refractivity contribution >= 4 is 17.6 Å². The molecule has 0 atom stereocenters. The molecule has 2 aromatic carbocycles. The van der Waals surface area contributed by atoms with Crippen LogP contribution in [0.5, 0.6) is 5.75 Å². The molecule has 5 nitrogen and oxygen atoms in total. The monoisotopic (exact) mass is 353 g/mol. The zero-order valence-electron chi connectivity index (χ0n) is 13.1. The number of aromatic carboxylic acids is 1. The summed E-state index contributed by atoms with van der Waals surface area (Å²) in [5.41, 5.74) is -0.306. The lowest BCUT2D eigenvalue weighted by molar-refractivity contribution is -0.137. The number of alkyl halides is 3. The SMILES string of the molecule is Cc1ccc(C(=O)O)c(OCC(=O)Nc2cccc(C(F)(F)F)c2)c1. The van der Waals surface area contributed by atoms with Crippen molar-refractivity contribution in [1.29, 1.82) is 0 Å². The number of carbonyl (C=O) groups is 2. The van der Waals surface area contributed by atoms with Gasteiger partial charge in [0, 0.05) is 5.69 Å². The summed E-state index contributed by atoms with van der Waals surface area (Å²) in [5, 5.41) is 11.4. The molecular formula is C17H14F3NO4. The average Bonchev–Trinajstić information content (AvgIpc) is 2.52. The van der Waals surface area contributed by atoms with Crippen LogP contribution in [0.1, 0.15) is 21.5 Å². The normalized spacial score (nSPS) is 11.0. The molecule has 0 spiro atoms. The summed E-state index contributed by atoms with van der Waals surface area (Å²) >= 11 is 0. The third kappa shape index (κ3) is 4.97. The van der Waals surface area contributed by atoms with E-state index in [0.29, 0.717) is 0 Å². The van der Waals surface area contributed by atoms with Crippen LogP contribution in [0.15, 0.2) is 42.5 Å². The van der Waals surface area contributed by atoms with Gasteiger partial charge in [-0.1, -0.05) is 12.1 Å². The van der Waals surface area contributed by atoms with Gasteiger partial charge in [0.1, 0.15) is 11.3 Å². The van der Waals surface area contributed by atoms with E-state index in [1.807, 2.05) is 0 Å². The van der Waals surface area contributed by atoms with E-state index >= 15 is 0 Å². The molecule has 0 unspecified atom stereocenters. The second-order valence-electron chi connectivity index (χ2n) is 5.22. The number of aryl methyl sites for hydroxylation is 1. The molecule has 0 saturated heterocycles. The van der Waals surface area contributed by atoms with Gasteiger partial charge in [0.05, 0.1) is 5.56 Å². The Morgan fingerprint density at radius 1 is 1.16 bits per heavy atom. The minimum atomic E-state index is -4.52. The predicted molar refractivity (Wildman–Crippen MR) is 83.7 cm³/mol. The quantitative estimate of drug-likeness (QED) is 0.859. The average molecular weight is 353 g/mol. The largest absolute Gasteiger partial charge is 0.483 e. The maximum atomic E-state index is 12.6. The molecule has 132 valence electrons. The van der Waals surface area contributed by atoms with Crippen LogP contribution in [0.2, 0.25) is 0 Å². The number of ether oxygens (including phenoxy) is 1. The zero-order valence-corrected chi connectivity index (χ0v) is 13.1. The topological polar surface area (TPSA) is 75.6 Å². The molecule has 0 fully saturated rings. The first-order valence-corrected chi connectivity index (χ1v) is 7.10. The molecule has 2 aromatic rings. The fraction of sp³-hybridized carbons (Fsp3) is 0.176. The summed E-state index contributed by atoms with van der Waals surface area (Å²) in [7, 11) is 0. The van der Waals surface area contributed by atoms with Crippen LogP contribution in [0.25, 0.3) is 0 Å². The lowest BCUT2D eigenvalue weighted by Crippen LogP contribution is -2.21. The van der Waals surface area contributed by atoms with Gasteiger partial charge in [0.2, 0.25) is 0 Å². The van der Waals surface area contributed by atoms with Gasteiger partial charge in [-0.05, 0) is 42.8 Å². The first kappa shape index (κ1) is 18.3. The lowest BCUT2D eigenvalue weighted by Gasteiger charge is -2.12. The van der Waals surface area contributed by atoms with E-state index < -0.39 is 30.2 Å². The summed E-state index contributed by atoms with van der Waals surface area (Å²) in [6, 6.07) is 8.55. The fourth-order valence-electron chi connectivity index (χ4n) is 2.04. The molecule has 0 heterocycles. The lowest BCUT2D eigenvalue weighted by atomic mass is 10.1. The molecule has 0 bridgehead atoms. The van der Waals surface area contributed by atoms with Crippen LogP contribution < -0.4 is 10.1 Å². The molecule has 0 saturated carbocycles. The molecule has 1 amide bonds. The third-order valence-electron chi connectivity index (χ3n) is 3.20. The van der Waals surface area contributed by atoms with Crippen LogP contribution >= 0.6 is 0 Å². The Hall–Kier alpha value is -3.03. The number of carbonyl (C=O) groups excluding carboxylic acids is 1. The Balaban J connectivity index is 2.05. The zero-order chi connectivity index (χ0) is 18.6. The van der Waals surface area contributed by atoms with Gasteiger partial charge in [0.15, 0.2) is 6.61 Å². The van der Waals surface area contributed by atoms with Crippen molar-refractivity contribution < 1.29 is 32.6 Å². The maximum absolute atomic E-state index is 12.6. The molecule has 0 aliphatic carbocycles. The molecule has 8 heteroatoms. The molecular weight excluding hydrogens is 339 g/mol. The van der Waals surface area contributed by atoms with Crippen molar-refractivity contribution in [1.82, 2.24) is 0 Å². The molecule has 25 heavy (non-hydrogen) atoms. The number of nitrogens with one attached hydrogen (secondary N) is 1. The number of hydrogen-bond donors (Lipinski definition) is 2. The van der Waals surface area contributed by atoms with Crippen molar-refractivity contribution in [2.45, 2.75) is 13.1 Å². The second kappa shape index (κ2) is 7.25. The molecule has 0 aliphatic heterocycles. The first-order valence-electron chi connectivity index (χ1n) is 7.10. The van der Waals surface area contributed by atoms with E-state index in [1.165, 1.54) is 24.3 Å². The van der Waals surface area contributed by atoms with Gasteiger partial charge in [-0.3, -0.25) is 4.79 Å². The highest BCUT2D eigenvalue weighted by Crippen LogP contribution is 2.30. The van der Waals surface area contributed by atoms with Gasteiger partial charge < -0.3 is 15.2 Å². The second-order valence-corrected chi connectivity index (χ2v) is 5.22. The van der Waals surface area contributed by atoms with E-state index in [9.17, 15) is 22.8 Å². The highest BCUT2D eigenvalue weighted by molar-refractivity contribution is 5.93. The number of carboxylic acids is 1. The van der Waals surface area contributed by atoms with Crippen molar-refractivity contribution in [2.24, 2.45) is 0 Å². The van der Waals surface area contributed by atoms with Gasteiger partial charge in [-0.25, -0.2) is 4.79 Å². The maximum Gasteiger partial charge on any atom is 0.416 e. The standard InChI is InChI=1S/C17H14F3NO4/c1-10-5-6-13(16(23)24)14(7-10)25-9-15(22)21-12-4-2-3-11(8-12)17(18,19)20/h2-8H,9H2,1H3,(H,21,22)(H,23,24). The fourth-order valence-corrected chi connectivity index (χ4v) is 2.04. The van der Waals surface area contributed by atoms with Crippen molar-refractivity contribution in [2.75, 3.05) is 11.9 Å². The van der Waals surface area contributed by atoms with Crippen molar-refractivity contribution in [3.05, 3.63) is 59.2 Å². The van der Waals surface area contributed by atoms with E-state index in [4.69, 9.17) is 9.84 Å². The highest BCUT2D eigenvalue weighted by Gasteiger charge is 2.30. The third-order valence-corrected chi connectivity index (χ3v) is 3.20. The van der Waals surface area contributed by atoms with E-state index in [-0.39, 0.29) is 17.0 Å². The van der Waals surface area contributed by atoms with E-state index in [2.05, 4.69) is 5.32 Å². The first-order chi connectivity index (χ1) is 11.7. The minimum Gasteiger partial charge on any atom is -0.483 e. The number of rotatable bonds is 5. The molecule has 2 rings (SSSR count). The Kier molecular flexibility index (Phi) is 5.31. The van der Waals surface area contributed by atoms with Crippen LogP contribution in [0.3, 0.4) is 0 Å². The molecule has 0 radical (unpaired) electrons. The Morgan fingerprint density at radius 2 is 1.88 bits per heavy atom. The van der Waals surface area contributed by atoms with Gasteiger partial charge >= 0.3 is 12.1 Å². The van der Waals surface area contributed by atoms with Crippen LogP contribution in [-0.2, 0) is 11.0 Å². The summed E-state index contributed by atoms with van der Waals surface area (Å²) in [6.45, 7) is 1.18. The highest BCUT2D eigenvalue weighted by atomic mass is 19.4. The van der Waals surface area contributed by atoms with Gasteiger partial charge in [-0.15, -0.1) is 0 Å². The smallest absolute Gasteiger partial charge is 0.416 e. The Morgan fingerprint density at radius 3 is 2.52 bits per heavy atom. The molecule has 0 aromatic heterocycles. The summed E-state index contributed by atoms with van der Waals surface area (Å²) in [5.74, 6) is -1.92. The number of anilines is 1. The summed E-state index contributed by atoms with van der Waals surface area (Å²) in [6.07, 6.45) is -4.52. The Bertz CT molecular complexity index is 803. The molecule has 0 aliphatic rings. The van der Waals surface area contributed by atoms with E-state index in [0.717, 1.165) is 17.7 Å². The minimum absolute atomic E-state index is 0.00620. The number of amides is 1. The van der Waals surface area contributed by atoms with E-state index in [1.54, 1.807) is 13.0 Å². The van der Waals surface area contributed by atoms with Crippen molar-refractivity contribution in [3.63, 3.8) is 0 Å². The summed E-state index contributed by atoms with van der Waals surface area (Å²) < 4.78 is 43.1. The molecule has 2 N–H and O–H groups in total. The predicted octanol–water partition coefficient (Wildman–Crippen LogP) is 3.73.